The van der Waals surface area contributed by atoms with Crippen LogP contribution in [0, 0.1) is 0 Å². The molecule has 1 saturated heterocycles. The molecule has 31 heavy (non-hydrogen) atoms. The van der Waals surface area contributed by atoms with E-state index in [-0.39, 0.29) is 17.6 Å². The van der Waals surface area contributed by atoms with E-state index in [1.54, 1.807) is 7.11 Å². The fourth-order valence-electron chi connectivity index (χ4n) is 4.83. The number of nitrogens with one attached hydrogen (secondary N) is 1. The van der Waals surface area contributed by atoms with E-state index >= 15 is 0 Å². The molecule has 0 unspecified atom stereocenters. The van der Waals surface area contributed by atoms with Crippen LogP contribution >= 0.6 is 0 Å². The number of methoxy groups -OCH3 is 1. The van der Waals surface area contributed by atoms with Crippen molar-refractivity contribution < 1.29 is 9.47 Å². The standard InChI is InChI=1S/C22H28N6O3/c1-30-17-8-7-15-13-18(22(29)23-19(15)14-17)20(27-9-11-31-12-10-27)21-24-25-26-28(21)16-5-3-2-4-6-16/h7-8,13-14,16,20H,2-6,9-12H2,1H3,(H,23,29)/t20-/m1/s1. The van der Waals surface area contributed by atoms with Crippen molar-refractivity contribution in [2.45, 2.75) is 44.2 Å². The highest BCUT2D eigenvalue weighted by Crippen LogP contribution is 2.33. The van der Waals surface area contributed by atoms with Gasteiger partial charge in [0, 0.05) is 24.7 Å². The largest absolute Gasteiger partial charge is 0.497 e. The summed E-state index contributed by atoms with van der Waals surface area (Å²) >= 11 is 0. The van der Waals surface area contributed by atoms with Gasteiger partial charge >= 0.3 is 0 Å². The number of hydrogen-bond acceptors (Lipinski definition) is 7. The van der Waals surface area contributed by atoms with Gasteiger partial charge < -0.3 is 14.5 Å². The smallest absolute Gasteiger partial charge is 0.253 e. The lowest BCUT2D eigenvalue weighted by Crippen LogP contribution is -2.42. The Hall–Kier alpha value is -2.78. The second-order valence-corrected chi connectivity index (χ2v) is 8.33. The Bertz CT molecular complexity index is 1100. The van der Waals surface area contributed by atoms with Crippen molar-refractivity contribution in [3.8, 4) is 5.75 Å². The molecule has 1 aromatic carbocycles. The Morgan fingerprint density at radius 3 is 2.74 bits per heavy atom. The average Bonchev–Trinajstić information content (AvgIpc) is 3.30. The Morgan fingerprint density at radius 1 is 1.16 bits per heavy atom. The summed E-state index contributed by atoms with van der Waals surface area (Å²) in [6.45, 7) is 2.71. The number of pyridine rings is 1. The molecule has 1 N–H and O–H groups in total. The minimum Gasteiger partial charge on any atom is -0.497 e. The van der Waals surface area contributed by atoms with E-state index in [4.69, 9.17) is 9.47 Å². The number of tetrazole rings is 1. The molecule has 0 spiro atoms. The molecule has 1 aliphatic carbocycles. The van der Waals surface area contributed by atoms with Gasteiger partial charge in [-0.2, -0.15) is 0 Å². The monoisotopic (exact) mass is 424 g/mol. The van der Waals surface area contributed by atoms with E-state index in [9.17, 15) is 4.79 Å². The van der Waals surface area contributed by atoms with Crippen LogP contribution in [0.1, 0.15) is 55.6 Å². The fraction of sp³-hybridized carbons (Fsp3) is 0.545. The normalized spacial score (nSPS) is 19.5. The number of morpholine rings is 1. The molecular weight excluding hydrogens is 396 g/mol. The summed E-state index contributed by atoms with van der Waals surface area (Å²) < 4.78 is 12.8. The molecule has 3 aromatic rings. The number of benzene rings is 1. The summed E-state index contributed by atoms with van der Waals surface area (Å²) in [7, 11) is 1.62. The number of H-pyrrole nitrogens is 1. The summed E-state index contributed by atoms with van der Waals surface area (Å²) in [5.74, 6) is 1.45. The first-order valence-electron chi connectivity index (χ1n) is 11.0. The highest BCUT2D eigenvalue weighted by atomic mass is 16.5. The van der Waals surface area contributed by atoms with Gasteiger partial charge in [-0.15, -0.1) is 5.10 Å². The van der Waals surface area contributed by atoms with E-state index in [1.165, 1.54) is 19.3 Å². The fourth-order valence-corrected chi connectivity index (χ4v) is 4.83. The summed E-state index contributed by atoms with van der Waals surface area (Å²) in [5.41, 5.74) is 1.28. The number of ether oxygens (including phenoxy) is 2. The van der Waals surface area contributed by atoms with Gasteiger partial charge in [-0.1, -0.05) is 19.3 Å². The van der Waals surface area contributed by atoms with Crippen LogP contribution in [-0.4, -0.2) is 63.5 Å². The van der Waals surface area contributed by atoms with Gasteiger partial charge in [0.15, 0.2) is 5.82 Å². The van der Waals surface area contributed by atoms with Gasteiger partial charge in [-0.05, 0) is 46.9 Å². The summed E-state index contributed by atoms with van der Waals surface area (Å²) in [5, 5.41) is 13.8. The molecular formula is C22H28N6O3. The molecule has 1 aliphatic heterocycles. The lowest BCUT2D eigenvalue weighted by atomic mass is 9.95. The number of fused-ring (bicyclic) bond motifs is 1. The Kier molecular flexibility index (Phi) is 5.69. The summed E-state index contributed by atoms with van der Waals surface area (Å²) in [4.78, 5) is 18.6. The van der Waals surface area contributed by atoms with Gasteiger partial charge in [0.25, 0.3) is 5.56 Å². The van der Waals surface area contributed by atoms with Crippen LogP contribution in [0.15, 0.2) is 29.1 Å². The molecule has 9 nitrogen and oxygen atoms in total. The van der Waals surface area contributed by atoms with Crippen LogP contribution in [0.4, 0.5) is 0 Å². The minimum absolute atomic E-state index is 0.129. The first kappa shape index (κ1) is 20.1. The molecule has 2 aromatic heterocycles. The van der Waals surface area contributed by atoms with E-state index in [2.05, 4.69) is 25.4 Å². The van der Waals surface area contributed by atoms with Crippen LogP contribution < -0.4 is 10.3 Å². The summed E-state index contributed by atoms with van der Waals surface area (Å²) in [6.07, 6.45) is 5.77. The zero-order valence-electron chi connectivity index (χ0n) is 17.8. The topological polar surface area (TPSA) is 98.2 Å². The highest BCUT2D eigenvalue weighted by Gasteiger charge is 2.33. The molecule has 2 fully saturated rings. The molecule has 164 valence electrons. The molecule has 1 atom stereocenters. The van der Waals surface area contributed by atoms with Crippen LogP contribution in [-0.2, 0) is 4.74 Å². The number of hydrogen-bond donors (Lipinski definition) is 1. The number of nitrogens with zero attached hydrogens (tertiary/aromatic N) is 5. The van der Waals surface area contributed by atoms with Crippen molar-refractivity contribution in [1.82, 2.24) is 30.1 Å². The van der Waals surface area contributed by atoms with Gasteiger partial charge in [0.1, 0.15) is 11.8 Å². The van der Waals surface area contributed by atoms with Crippen molar-refractivity contribution in [3.63, 3.8) is 0 Å². The lowest BCUT2D eigenvalue weighted by Gasteiger charge is -2.34. The lowest BCUT2D eigenvalue weighted by molar-refractivity contribution is 0.0209. The molecule has 0 amide bonds. The SMILES string of the molecule is COc1ccc2cc([C@H](c3nnnn3C3CCCCC3)N3CCOCC3)c(=O)[nH]c2c1. The van der Waals surface area contributed by atoms with Crippen molar-refractivity contribution in [1.29, 1.82) is 0 Å². The third-order valence-corrected chi connectivity index (χ3v) is 6.47. The second kappa shape index (κ2) is 8.76. The number of aromatic nitrogens is 5. The zero-order valence-corrected chi connectivity index (χ0v) is 17.8. The number of aromatic amines is 1. The first-order valence-corrected chi connectivity index (χ1v) is 11.0. The van der Waals surface area contributed by atoms with E-state index in [0.29, 0.717) is 24.5 Å². The third kappa shape index (κ3) is 3.95. The van der Waals surface area contributed by atoms with Gasteiger partial charge in [-0.3, -0.25) is 9.69 Å². The highest BCUT2D eigenvalue weighted by molar-refractivity contribution is 5.80. The molecule has 9 heteroatoms. The number of rotatable bonds is 5. The second-order valence-electron chi connectivity index (χ2n) is 8.33. The Labute approximate surface area is 180 Å². The summed E-state index contributed by atoms with van der Waals surface area (Å²) in [6, 6.07) is 7.64. The van der Waals surface area contributed by atoms with Crippen LogP contribution in [0.3, 0.4) is 0 Å². The van der Waals surface area contributed by atoms with Gasteiger partial charge in [0.05, 0.1) is 31.9 Å². The Balaban J connectivity index is 1.62. The molecule has 0 bridgehead atoms. The maximum Gasteiger partial charge on any atom is 0.253 e. The average molecular weight is 425 g/mol. The maximum atomic E-state index is 13.3. The minimum atomic E-state index is -0.323. The van der Waals surface area contributed by atoms with E-state index in [1.807, 2.05) is 28.9 Å². The van der Waals surface area contributed by atoms with Crippen LogP contribution in [0.25, 0.3) is 10.9 Å². The molecule has 3 heterocycles. The van der Waals surface area contributed by atoms with Crippen molar-refractivity contribution in [3.05, 3.63) is 46.0 Å². The first-order chi connectivity index (χ1) is 15.2. The van der Waals surface area contributed by atoms with Crippen molar-refractivity contribution in [2.75, 3.05) is 33.4 Å². The zero-order chi connectivity index (χ0) is 21.2. The van der Waals surface area contributed by atoms with Gasteiger partial charge in [-0.25, -0.2) is 4.68 Å². The predicted octanol–water partition coefficient (Wildman–Crippen LogP) is 2.45. The van der Waals surface area contributed by atoms with Crippen LogP contribution in [0.2, 0.25) is 0 Å². The van der Waals surface area contributed by atoms with Gasteiger partial charge in [0.2, 0.25) is 0 Å². The molecule has 5 rings (SSSR count). The maximum absolute atomic E-state index is 13.3. The van der Waals surface area contributed by atoms with Crippen molar-refractivity contribution >= 4 is 10.9 Å². The molecule has 0 radical (unpaired) electrons. The molecule has 2 aliphatic rings. The van der Waals surface area contributed by atoms with E-state index < -0.39 is 0 Å². The van der Waals surface area contributed by atoms with E-state index in [0.717, 1.165) is 42.7 Å². The predicted molar refractivity (Wildman–Crippen MR) is 115 cm³/mol. The third-order valence-electron chi connectivity index (χ3n) is 6.47. The molecule has 1 saturated carbocycles. The van der Waals surface area contributed by atoms with Crippen molar-refractivity contribution in [2.24, 2.45) is 0 Å². The Morgan fingerprint density at radius 2 is 1.97 bits per heavy atom. The van der Waals surface area contributed by atoms with Crippen LogP contribution in [0.5, 0.6) is 5.75 Å². The quantitative estimate of drug-likeness (QED) is 0.672.